The average Bonchev–Trinajstić information content (AvgIpc) is 2.74. The standard InChI is InChI=1S/C18H24N2S/c1-14-5-3-6-16(13-14)17(18-15(2)7-12-21-18)20-10-4-8-19-9-11-20/h3,5-7,12-13,17,19H,4,8-11H2,1-2H3. The van der Waals surface area contributed by atoms with Gasteiger partial charge in [0, 0.05) is 24.5 Å². The molecule has 21 heavy (non-hydrogen) atoms. The summed E-state index contributed by atoms with van der Waals surface area (Å²) >= 11 is 1.90. The lowest BCUT2D eigenvalue weighted by atomic mass is 9.99. The molecule has 1 fully saturated rings. The van der Waals surface area contributed by atoms with Gasteiger partial charge < -0.3 is 5.32 Å². The van der Waals surface area contributed by atoms with Crippen molar-refractivity contribution < 1.29 is 0 Å². The van der Waals surface area contributed by atoms with Crippen molar-refractivity contribution in [2.75, 3.05) is 26.2 Å². The van der Waals surface area contributed by atoms with Crippen LogP contribution in [0.3, 0.4) is 0 Å². The quantitative estimate of drug-likeness (QED) is 0.928. The molecule has 1 aliphatic heterocycles. The Labute approximate surface area is 131 Å². The van der Waals surface area contributed by atoms with E-state index in [0.717, 1.165) is 19.6 Å². The maximum atomic E-state index is 3.52. The smallest absolute Gasteiger partial charge is 0.0699 e. The zero-order chi connectivity index (χ0) is 14.7. The molecule has 1 aromatic carbocycles. The summed E-state index contributed by atoms with van der Waals surface area (Å²) in [6.45, 7) is 8.95. The summed E-state index contributed by atoms with van der Waals surface area (Å²) in [5.41, 5.74) is 4.20. The Morgan fingerprint density at radius 3 is 2.81 bits per heavy atom. The first-order valence-electron chi connectivity index (χ1n) is 7.81. The van der Waals surface area contributed by atoms with Crippen molar-refractivity contribution in [3.8, 4) is 0 Å². The molecule has 1 N–H and O–H groups in total. The molecule has 112 valence electrons. The summed E-state index contributed by atoms with van der Waals surface area (Å²) < 4.78 is 0. The number of benzene rings is 1. The van der Waals surface area contributed by atoms with E-state index in [1.807, 2.05) is 11.3 Å². The van der Waals surface area contributed by atoms with Crippen molar-refractivity contribution in [1.29, 1.82) is 0 Å². The second-order valence-electron chi connectivity index (χ2n) is 5.92. The average molecular weight is 300 g/mol. The number of hydrogen-bond acceptors (Lipinski definition) is 3. The summed E-state index contributed by atoms with van der Waals surface area (Å²) in [4.78, 5) is 4.15. The zero-order valence-corrected chi connectivity index (χ0v) is 13.7. The highest BCUT2D eigenvalue weighted by molar-refractivity contribution is 7.10. The van der Waals surface area contributed by atoms with Crippen LogP contribution in [0.25, 0.3) is 0 Å². The highest BCUT2D eigenvalue weighted by Gasteiger charge is 2.25. The van der Waals surface area contributed by atoms with Crippen LogP contribution in [0.15, 0.2) is 35.7 Å². The Kier molecular flexibility index (Phi) is 4.73. The Hall–Kier alpha value is -1.16. The second kappa shape index (κ2) is 6.73. The van der Waals surface area contributed by atoms with Crippen molar-refractivity contribution in [3.05, 3.63) is 57.3 Å². The van der Waals surface area contributed by atoms with Crippen LogP contribution in [0.1, 0.15) is 34.0 Å². The number of aryl methyl sites for hydroxylation is 2. The molecule has 0 aliphatic carbocycles. The van der Waals surface area contributed by atoms with Gasteiger partial charge in [-0.3, -0.25) is 4.90 Å². The molecule has 1 aromatic heterocycles. The molecule has 3 rings (SSSR count). The van der Waals surface area contributed by atoms with Gasteiger partial charge in [0.05, 0.1) is 6.04 Å². The van der Waals surface area contributed by atoms with Crippen LogP contribution in [0, 0.1) is 13.8 Å². The lowest BCUT2D eigenvalue weighted by molar-refractivity contribution is 0.243. The molecule has 1 aliphatic rings. The van der Waals surface area contributed by atoms with Gasteiger partial charge >= 0.3 is 0 Å². The lowest BCUT2D eigenvalue weighted by Crippen LogP contribution is -2.32. The van der Waals surface area contributed by atoms with E-state index in [4.69, 9.17) is 0 Å². The number of nitrogens with one attached hydrogen (secondary N) is 1. The Morgan fingerprint density at radius 2 is 2.05 bits per heavy atom. The van der Waals surface area contributed by atoms with E-state index in [9.17, 15) is 0 Å². The monoisotopic (exact) mass is 300 g/mol. The third-order valence-electron chi connectivity index (χ3n) is 4.25. The predicted octanol–water partition coefficient (Wildman–Crippen LogP) is 3.75. The molecule has 2 nitrogen and oxygen atoms in total. The first kappa shape index (κ1) is 14.8. The van der Waals surface area contributed by atoms with Crippen LogP contribution >= 0.6 is 11.3 Å². The van der Waals surface area contributed by atoms with Crippen LogP contribution in [-0.4, -0.2) is 31.1 Å². The number of hydrogen-bond donors (Lipinski definition) is 1. The van der Waals surface area contributed by atoms with Crippen LogP contribution in [0.5, 0.6) is 0 Å². The zero-order valence-electron chi connectivity index (χ0n) is 12.9. The summed E-state index contributed by atoms with van der Waals surface area (Å²) in [5.74, 6) is 0. The lowest BCUT2D eigenvalue weighted by Gasteiger charge is -2.31. The third-order valence-corrected chi connectivity index (χ3v) is 5.32. The van der Waals surface area contributed by atoms with Crippen molar-refractivity contribution in [2.45, 2.75) is 26.3 Å². The summed E-state index contributed by atoms with van der Waals surface area (Å²) in [7, 11) is 0. The minimum absolute atomic E-state index is 0.407. The van der Waals surface area contributed by atoms with Crippen LogP contribution in [-0.2, 0) is 0 Å². The minimum atomic E-state index is 0.407. The largest absolute Gasteiger partial charge is 0.315 e. The fourth-order valence-corrected chi connectivity index (χ4v) is 4.24. The van der Waals surface area contributed by atoms with Crippen LogP contribution in [0.4, 0.5) is 0 Å². The molecule has 0 spiro atoms. The van der Waals surface area contributed by atoms with Crippen molar-refractivity contribution >= 4 is 11.3 Å². The predicted molar refractivity (Wildman–Crippen MR) is 91.1 cm³/mol. The first-order valence-corrected chi connectivity index (χ1v) is 8.69. The van der Waals surface area contributed by atoms with Crippen LogP contribution in [0.2, 0.25) is 0 Å². The molecular formula is C18H24N2S. The number of nitrogens with zero attached hydrogens (tertiary/aromatic N) is 1. The number of thiophene rings is 1. The summed E-state index contributed by atoms with van der Waals surface area (Å²) in [6.07, 6.45) is 1.23. The Morgan fingerprint density at radius 1 is 1.14 bits per heavy atom. The maximum absolute atomic E-state index is 3.52. The van der Waals surface area contributed by atoms with E-state index < -0.39 is 0 Å². The van der Waals surface area contributed by atoms with Gasteiger partial charge in [0.15, 0.2) is 0 Å². The Balaban J connectivity index is 2.00. The van der Waals surface area contributed by atoms with Gasteiger partial charge in [0.1, 0.15) is 0 Å². The molecule has 2 heterocycles. The molecule has 1 saturated heterocycles. The van der Waals surface area contributed by atoms with Gasteiger partial charge in [-0.15, -0.1) is 11.3 Å². The molecule has 0 bridgehead atoms. The fourth-order valence-electron chi connectivity index (χ4n) is 3.16. The highest BCUT2D eigenvalue weighted by atomic mass is 32.1. The second-order valence-corrected chi connectivity index (χ2v) is 6.87. The summed E-state index contributed by atoms with van der Waals surface area (Å²) in [6, 6.07) is 11.7. The molecule has 0 amide bonds. The van der Waals surface area contributed by atoms with Crippen molar-refractivity contribution in [3.63, 3.8) is 0 Å². The fraction of sp³-hybridized carbons (Fsp3) is 0.444. The summed E-state index contributed by atoms with van der Waals surface area (Å²) in [5, 5.41) is 5.74. The number of rotatable bonds is 3. The highest BCUT2D eigenvalue weighted by Crippen LogP contribution is 2.34. The van der Waals surface area contributed by atoms with E-state index in [2.05, 4.69) is 59.8 Å². The van der Waals surface area contributed by atoms with Gasteiger partial charge in [0.25, 0.3) is 0 Å². The molecular weight excluding hydrogens is 276 g/mol. The minimum Gasteiger partial charge on any atom is -0.315 e. The van der Waals surface area contributed by atoms with Crippen molar-refractivity contribution in [2.24, 2.45) is 0 Å². The first-order chi connectivity index (χ1) is 10.3. The molecule has 1 atom stereocenters. The van der Waals surface area contributed by atoms with Gasteiger partial charge in [-0.05, 0) is 49.4 Å². The van der Waals surface area contributed by atoms with E-state index >= 15 is 0 Å². The normalized spacial score (nSPS) is 18.4. The topological polar surface area (TPSA) is 15.3 Å². The third kappa shape index (κ3) is 3.37. The Bertz CT molecular complexity index is 582. The van der Waals surface area contributed by atoms with Gasteiger partial charge in [-0.2, -0.15) is 0 Å². The van der Waals surface area contributed by atoms with E-state index in [-0.39, 0.29) is 0 Å². The van der Waals surface area contributed by atoms with Crippen LogP contribution < -0.4 is 5.32 Å². The van der Waals surface area contributed by atoms with E-state index in [1.54, 1.807) is 0 Å². The van der Waals surface area contributed by atoms with Gasteiger partial charge in [-0.1, -0.05) is 29.8 Å². The van der Waals surface area contributed by atoms with Crippen molar-refractivity contribution in [1.82, 2.24) is 10.2 Å². The SMILES string of the molecule is Cc1cccc(C(c2sccc2C)N2CCCNCC2)c1. The van der Waals surface area contributed by atoms with E-state index in [1.165, 1.54) is 34.5 Å². The maximum Gasteiger partial charge on any atom is 0.0699 e. The molecule has 1 unspecified atom stereocenters. The van der Waals surface area contributed by atoms with E-state index in [0.29, 0.717) is 6.04 Å². The molecule has 0 radical (unpaired) electrons. The molecule has 0 saturated carbocycles. The van der Waals surface area contributed by atoms with Gasteiger partial charge in [0.2, 0.25) is 0 Å². The molecule has 2 aromatic rings. The molecule has 3 heteroatoms. The van der Waals surface area contributed by atoms with Gasteiger partial charge in [-0.25, -0.2) is 0 Å².